The van der Waals surface area contributed by atoms with Gasteiger partial charge >= 0.3 is 0 Å². The highest BCUT2D eigenvalue weighted by atomic mass is 16.2. The second-order valence-corrected chi connectivity index (χ2v) is 7.20. The molecule has 134 valence electrons. The molecular formula is C20H33N3O. The van der Waals surface area contributed by atoms with E-state index in [4.69, 9.17) is 0 Å². The van der Waals surface area contributed by atoms with Crippen molar-refractivity contribution >= 4 is 5.91 Å². The van der Waals surface area contributed by atoms with Gasteiger partial charge in [0.2, 0.25) is 5.91 Å². The van der Waals surface area contributed by atoms with Crippen molar-refractivity contribution in [3.8, 4) is 0 Å². The third-order valence-electron chi connectivity index (χ3n) is 5.32. The molecular weight excluding hydrogens is 298 g/mol. The smallest absolute Gasteiger partial charge is 0.242 e. The molecule has 0 radical (unpaired) electrons. The monoisotopic (exact) mass is 331 g/mol. The van der Waals surface area contributed by atoms with Crippen LogP contribution in [0, 0.1) is 5.92 Å². The van der Waals surface area contributed by atoms with E-state index >= 15 is 0 Å². The number of carbonyl (C=O) groups is 1. The summed E-state index contributed by atoms with van der Waals surface area (Å²) in [6.07, 6.45) is 2.53. The van der Waals surface area contributed by atoms with Crippen LogP contribution < -0.4 is 5.32 Å². The van der Waals surface area contributed by atoms with E-state index in [9.17, 15) is 4.79 Å². The first-order chi connectivity index (χ1) is 11.5. The Balaban J connectivity index is 1.93. The number of hydrogen-bond donors (Lipinski definition) is 1. The van der Waals surface area contributed by atoms with Crippen molar-refractivity contribution in [3.63, 3.8) is 0 Å². The number of nitrogens with one attached hydrogen (secondary N) is 1. The van der Waals surface area contributed by atoms with Crippen LogP contribution in [0.5, 0.6) is 0 Å². The van der Waals surface area contributed by atoms with Crippen molar-refractivity contribution in [2.45, 2.75) is 45.7 Å². The van der Waals surface area contributed by atoms with Crippen molar-refractivity contribution in [3.05, 3.63) is 35.9 Å². The molecule has 1 saturated heterocycles. The summed E-state index contributed by atoms with van der Waals surface area (Å²) in [6, 6.07) is 10.2. The SMILES string of the molecule is CCN(C)C(C(=O)NCC(C)N1CCC(C)CC1)c1ccccc1. The van der Waals surface area contributed by atoms with E-state index in [1.54, 1.807) is 0 Å². The fourth-order valence-electron chi connectivity index (χ4n) is 3.37. The molecule has 1 aromatic carbocycles. The zero-order valence-electron chi connectivity index (χ0n) is 15.7. The van der Waals surface area contributed by atoms with Gasteiger partial charge in [-0.1, -0.05) is 44.2 Å². The molecule has 2 unspecified atom stereocenters. The van der Waals surface area contributed by atoms with Crippen LogP contribution in [0.25, 0.3) is 0 Å². The standard InChI is InChI=1S/C20H33N3O/c1-5-22(4)19(18-9-7-6-8-10-18)20(24)21-15-17(3)23-13-11-16(2)12-14-23/h6-10,16-17,19H,5,11-15H2,1-4H3,(H,21,24). The van der Waals surface area contributed by atoms with Gasteiger partial charge in [-0.25, -0.2) is 0 Å². The summed E-state index contributed by atoms with van der Waals surface area (Å²) in [7, 11) is 2.01. The van der Waals surface area contributed by atoms with Gasteiger partial charge in [0.15, 0.2) is 0 Å². The van der Waals surface area contributed by atoms with Crippen LogP contribution in [-0.4, -0.2) is 55.0 Å². The van der Waals surface area contributed by atoms with Crippen LogP contribution in [0.3, 0.4) is 0 Å². The Morgan fingerprint density at radius 1 is 1.29 bits per heavy atom. The number of piperidine rings is 1. The van der Waals surface area contributed by atoms with E-state index in [0.717, 1.165) is 31.1 Å². The van der Waals surface area contributed by atoms with E-state index in [2.05, 4.69) is 35.9 Å². The molecule has 1 aromatic rings. The molecule has 0 aromatic heterocycles. The van der Waals surface area contributed by atoms with Gasteiger partial charge in [-0.05, 0) is 57.9 Å². The van der Waals surface area contributed by atoms with Crippen molar-refractivity contribution in [2.24, 2.45) is 5.92 Å². The van der Waals surface area contributed by atoms with Gasteiger partial charge < -0.3 is 5.32 Å². The maximum Gasteiger partial charge on any atom is 0.242 e. The van der Waals surface area contributed by atoms with Gasteiger partial charge in [-0.2, -0.15) is 0 Å². The molecule has 1 aliphatic rings. The molecule has 0 aliphatic carbocycles. The molecule has 4 heteroatoms. The summed E-state index contributed by atoms with van der Waals surface area (Å²) in [6.45, 7) is 10.5. The summed E-state index contributed by atoms with van der Waals surface area (Å²) >= 11 is 0. The first kappa shape index (κ1) is 18.9. The molecule has 0 bridgehead atoms. The lowest BCUT2D eigenvalue weighted by molar-refractivity contribution is -0.126. The van der Waals surface area contributed by atoms with Gasteiger partial charge in [-0.3, -0.25) is 14.6 Å². The maximum atomic E-state index is 12.8. The minimum absolute atomic E-state index is 0.0998. The summed E-state index contributed by atoms with van der Waals surface area (Å²) in [5.41, 5.74) is 1.05. The Hall–Kier alpha value is -1.39. The van der Waals surface area contributed by atoms with Crippen molar-refractivity contribution in [1.29, 1.82) is 0 Å². The lowest BCUT2D eigenvalue weighted by Crippen LogP contribution is -2.47. The minimum atomic E-state index is -0.218. The van der Waals surface area contributed by atoms with Crippen LogP contribution in [0.1, 0.15) is 45.2 Å². The molecule has 1 amide bonds. The molecule has 1 heterocycles. The van der Waals surface area contributed by atoms with Gasteiger partial charge in [0.05, 0.1) is 0 Å². The van der Waals surface area contributed by atoms with Gasteiger partial charge in [0.25, 0.3) is 0 Å². The fourth-order valence-corrected chi connectivity index (χ4v) is 3.37. The first-order valence-corrected chi connectivity index (χ1v) is 9.29. The highest BCUT2D eigenvalue weighted by Crippen LogP contribution is 2.20. The Morgan fingerprint density at radius 3 is 2.50 bits per heavy atom. The molecule has 24 heavy (non-hydrogen) atoms. The lowest BCUT2D eigenvalue weighted by atomic mass is 9.98. The molecule has 1 aliphatic heterocycles. The van der Waals surface area contributed by atoms with Crippen LogP contribution in [-0.2, 0) is 4.79 Å². The third kappa shape index (κ3) is 5.05. The summed E-state index contributed by atoms with van der Waals surface area (Å²) < 4.78 is 0. The Bertz CT molecular complexity index is 497. The molecule has 0 spiro atoms. The molecule has 2 rings (SSSR count). The topological polar surface area (TPSA) is 35.6 Å². The van der Waals surface area contributed by atoms with Crippen LogP contribution in [0.2, 0.25) is 0 Å². The number of benzene rings is 1. The lowest BCUT2D eigenvalue weighted by Gasteiger charge is -2.35. The molecule has 2 atom stereocenters. The molecule has 0 saturated carbocycles. The van der Waals surface area contributed by atoms with Crippen molar-refractivity contribution in [1.82, 2.24) is 15.1 Å². The molecule has 4 nitrogen and oxygen atoms in total. The summed E-state index contributed by atoms with van der Waals surface area (Å²) in [5.74, 6) is 0.937. The predicted octanol–water partition coefficient (Wildman–Crippen LogP) is 2.92. The normalized spacial score (nSPS) is 19.2. The van der Waals surface area contributed by atoms with E-state index in [0.29, 0.717) is 12.6 Å². The zero-order chi connectivity index (χ0) is 17.5. The Kier molecular flexibility index (Phi) is 7.25. The van der Waals surface area contributed by atoms with Gasteiger partial charge in [0, 0.05) is 12.6 Å². The highest BCUT2D eigenvalue weighted by Gasteiger charge is 2.25. The quantitative estimate of drug-likeness (QED) is 0.834. The highest BCUT2D eigenvalue weighted by molar-refractivity contribution is 5.83. The summed E-state index contributed by atoms with van der Waals surface area (Å²) in [5, 5.41) is 3.18. The number of carbonyl (C=O) groups excluding carboxylic acids is 1. The van der Waals surface area contributed by atoms with Crippen LogP contribution in [0.4, 0.5) is 0 Å². The van der Waals surface area contributed by atoms with E-state index in [1.165, 1.54) is 12.8 Å². The van der Waals surface area contributed by atoms with Crippen molar-refractivity contribution in [2.75, 3.05) is 33.2 Å². The third-order valence-corrected chi connectivity index (χ3v) is 5.32. The number of nitrogens with zero attached hydrogens (tertiary/aromatic N) is 2. The fraction of sp³-hybridized carbons (Fsp3) is 0.650. The second kappa shape index (κ2) is 9.19. The van der Waals surface area contributed by atoms with E-state index < -0.39 is 0 Å². The number of rotatable bonds is 7. The molecule has 1 N–H and O–H groups in total. The number of likely N-dealkylation sites (N-methyl/N-ethyl adjacent to an activating group) is 1. The summed E-state index contributed by atoms with van der Waals surface area (Å²) in [4.78, 5) is 17.4. The second-order valence-electron chi connectivity index (χ2n) is 7.20. The average Bonchev–Trinajstić information content (AvgIpc) is 2.61. The van der Waals surface area contributed by atoms with Crippen LogP contribution >= 0.6 is 0 Å². The maximum absolute atomic E-state index is 12.8. The predicted molar refractivity (Wildman–Crippen MR) is 99.9 cm³/mol. The largest absolute Gasteiger partial charge is 0.353 e. The number of amides is 1. The zero-order valence-corrected chi connectivity index (χ0v) is 15.7. The van der Waals surface area contributed by atoms with E-state index in [1.807, 2.05) is 37.4 Å². The van der Waals surface area contributed by atoms with Crippen LogP contribution in [0.15, 0.2) is 30.3 Å². The number of hydrogen-bond acceptors (Lipinski definition) is 3. The van der Waals surface area contributed by atoms with E-state index in [-0.39, 0.29) is 11.9 Å². The van der Waals surface area contributed by atoms with Crippen molar-refractivity contribution < 1.29 is 4.79 Å². The Morgan fingerprint density at radius 2 is 1.92 bits per heavy atom. The van der Waals surface area contributed by atoms with Gasteiger partial charge in [-0.15, -0.1) is 0 Å². The number of likely N-dealkylation sites (tertiary alicyclic amines) is 1. The first-order valence-electron chi connectivity index (χ1n) is 9.29. The Labute approximate surface area is 147 Å². The molecule has 1 fully saturated rings. The van der Waals surface area contributed by atoms with Gasteiger partial charge in [0.1, 0.15) is 6.04 Å². The average molecular weight is 332 g/mol. The minimum Gasteiger partial charge on any atom is -0.353 e.